The fourth-order valence-corrected chi connectivity index (χ4v) is 1.84. The first-order valence-electron chi connectivity index (χ1n) is 5.18. The summed E-state index contributed by atoms with van der Waals surface area (Å²) in [6, 6.07) is 6.08. The maximum absolute atomic E-state index is 5.57. The minimum atomic E-state index is 0.262. The number of aromatic nitrogens is 3. The van der Waals surface area contributed by atoms with E-state index in [-0.39, 0.29) is 6.01 Å². The lowest BCUT2D eigenvalue weighted by molar-refractivity contribution is 0.427. The molecule has 0 atom stereocenters. The molecule has 0 unspecified atom stereocenters. The molecule has 2 aromatic rings. The Balaban J connectivity index is 2.28. The van der Waals surface area contributed by atoms with Gasteiger partial charge in [0, 0.05) is 0 Å². The smallest absolute Gasteiger partial charge is 0.341 e. The summed E-state index contributed by atoms with van der Waals surface area (Å²) in [6.07, 6.45) is 0. The van der Waals surface area contributed by atoms with Crippen LogP contribution in [0.2, 0.25) is 0 Å². The number of nitrogens with zero attached hydrogens (tertiary/aromatic N) is 3. The van der Waals surface area contributed by atoms with Crippen LogP contribution in [-0.2, 0) is 0 Å². The van der Waals surface area contributed by atoms with E-state index in [2.05, 4.69) is 31.1 Å². The molecule has 88 valence electrons. The van der Waals surface area contributed by atoms with E-state index in [1.807, 2.05) is 39.0 Å². The van der Waals surface area contributed by atoms with E-state index < -0.39 is 0 Å². The Morgan fingerprint density at radius 1 is 1.06 bits per heavy atom. The number of halogens is 1. The Hall–Kier alpha value is -1.49. The van der Waals surface area contributed by atoms with Gasteiger partial charge in [-0.25, -0.2) is 0 Å². The number of ether oxygens (including phenoxy) is 1. The van der Waals surface area contributed by atoms with Crippen LogP contribution in [0.3, 0.4) is 0 Å². The number of hydrogen-bond acceptors (Lipinski definition) is 4. The van der Waals surface area contributed by atoms with Gasteiger partial charge in [-0.05, 0) is 54.4 Å². The Bertz CT molecular complexity index is 557. The molecule has 0 fully saturated rings. The van der Waals surface area contributed by atoms with Crippen molar-refractivity contribution in [1.29, 1.82) is 0 Å². The number of rotatable bonds is 2. The summed E-state index contributed by atoms with van der Waals surface area (Å²) < 4.78 is 6.44. The molecular formula is C12H12BrN3O. The van der Waals surface area contributed by atoms with Crippen molar-refractivity contribution in [1.82, 2.24) is 15.2 Å². The van der Waals surface area contributed by atoms with Crippen molar-refractivity contribution in [3.8, 4) is 11.8 Å². The maximum Gasteiger partial charge on any atom is 0.341 e. The van der Waals surface area contributed by atoms with Crippen LogP contribution in [0, 0.1) is 20.8 Å². The molecule has 0 aliphatic carbocycles. The van der Waals surface area contributed by atoms with Gasteiger partial charge in [0.25, 0.3) is 0 Å². The maximum atomic E-state index is 5.57. The van der Waals surface area contributed by atoms with Crippen molar-refractivity contribution >= 4 is 15.9 Å². The first-order chi connectivity index (χ1) is 8.06. The number of hydrogen-bond donors (Lipinski definition) is 0. The van der Waals surface area contributed by atoms with E-state index >= 15 is 0 Å². The lowest BCUT2D eigenvalue weighted by Gasteiger charge is -2.07. The van der Waals surface area contributed by atoms with Gasteiger partial charge in [0.15, 0.2) is 0 Å². The monoisotopic (exact) mass is 293 g/mol. The van der Waals surface area contributed by atoms with Gasteiger partial charge in [0.1, 0.15) is 5.75 Å². The average Bonchev–Trinajstić information content (AvgIpc) is 2.27. The molecule has 0 saturated carbocycles. The standard InChI is InChI=1S/C12H12BrN3O/c1-7-4-5-11(10(13)6-7)17-12-14-8(2)9(3)15-16-12/h4-6H,1-3H3. The molecule has 0 radical (unpaired) electrons. The first-order valence-corrected chi connectivity index (χ1v) is 5.97. The van der Waals surface area contributed by atoms with Gasteiger partial charge in [0.2, 0.25) is 0 Å². The highest BCUT2D eigenvalue weighted by Gasteiger charge is 2.07. The molecule has 0 amide bonds. The van der Waals surface area contributed by atoms with Crippen molar-refractivity contribution < 1.29 is 4.74 Å². The summed E-state index contributed by atoms with van der Waals surface area (Å²) >= 11 is 3.44. The largest absolute Gasteiger partial charge is 0.422 e. The summed E-state index contributed by atoms with van der Waals surface area (Å²) in [7, 11) is 0. The van der Waals surface area contributed by atoms with Crippen LogP contribution in [0.5, 0.6) is 11.8 Å². The zero-order valence-corrected chi connectivity index (χ0v) is 11.4. The van der Waals surface area contributed by atoms with E-state index in [0.29, 0.717) is 5.75 Å². The zero-order chi connectivity index (χ0) is 12.4. The molecule has 1 aromatic heterocycles. The Morgan fingerprint density at radius 3 is 2.47 bits per heavy atom. The second kappa shape index (κ2) is 4.79. The molecule has 1 heterocycles. The van der Waals surface area contributed by atoms with Crippen molar-refractivity contribution in [3.63, 3.8) is 0 Å². The second-order valence-corrected chi connectivity index (χ2v) is 4.66. The lowest BCUT2D eigenvalue weighted by atomic mass is 10.2. The minimum absolute atomic E-state index is 0.262. The van der Waals surface area contributed by atoms with Gasteiger partial charge in [-0.1, -0.05) is 11.2 Å². The summed E-state index contributed by atoms with van der Waals surface area (Å²) in [6.45, 7) is 5.75. The van der Waals surface area contributed by atoms with Crippen LogP contribution < -0.4 is 4.74 Å². The van der Waals surface area contributed by atoms with Crippen molar-refractivity contribution in [3.05, 3.63) is 39.6 Å². The van der Waals surface area contributed by atoms with Gasteiger partial charge < -0.3 is 4.74 Å². The minimum Gasteiger partial charge on any atom is -0.422 e. The van der Waals surface area contributed by atoms with Crippen LogP contribution in [0.4, 0.5) is 0 Å². The average molecular weight is 294 g/mol. The predicted molar refractivity (Wildman–Crippen MR) is 68.3 cm³/mol. The number of aryl methyl sites for hydroxylation is 3. The highest BCUT2D eigenvalue weighted by Crippen LogP contribution is 2.28. The van der Waals surface area contributed by atoms with E-state index in [1.54, 1.807) is 0 Å². The van der Waals surface area contributed by atoms with Gasteiger partial charge in [-0.15, -0.1) is 5.10 Å². The summed E-state index contributed by atoms with van der Waals surface area (Å²) in [5, 5.41) is 7.86. The molecule has 0 bridgehead atoms. The molecule has 2 rings (SSSR count). The molecule has 0 spiro atoms. The Labute approximate surface area is 108 Å². The van der Waals surface area contributed by atoms with Crippen LogP contribution in [0.1, 0.15) is 17.0 Å². The van der Waals surface area contributed by atoms with Crippen LogP contribution in [-0.4, -0.2) is 15.2 Å². The van der Waals surface area contributed by atoms with Crippen LogP contribution in [0.15, 0.2) is 22.7 Å². The normalized spacial score (nSPS) is 10.4. The lowest BCUT2D eigenvalue weighted by Crippen LogP contribution is -1.99. The van der Waals surface area contributed by atoms with Crippen LogP contribution >= 0.6 is 15.9 Å². The van der Waals surface area contributed by atoms with E-state index in [9.17, 15) is 0 Å². The molecule has 0 aliphatic rings. The third-order valence-electron chi connectivity index (χ3n) is 2.36. The zero-order valence-electron chi connectivity index (χ0n) is 9.86. The summed E-state index contributed by atoms with van der Waals surface area (Å²) in [5.41, 5.74) is 2.78. The SMILES string of the molecule is Cc1ccc(Oc2nnc(C)c(C)n2)c(Br)c1. The predicted octanol–water partition coefficient (Wildman–Crippen LogP) is 3.35. The van der Waals surface area contributed by atoms with Gasteiger partial charge in [-0.2, -0.15) is 4.98 Å². The second-order valence-electron chi connectivity index (χ2n) is 3.80. The summed E-state index contributed by atoms with van der Waals surface area (Å²) in [5.74, 6) is 0.681. The van der Waals surface area contributed by atoms with Gasteiger partial charge in [-0.3, -0.25) is 0 Å². The molecular weight excluding hydrogens is 282 g/mol. The molecule has 17 heavy (non-hydrogen) atoms. The molecule has 0 saturated heterocycles. The van der Waals surface area contributed by atoms with Crippen LogP contribution in [0.25, 0.3) is 0 Å². The van der Waals surface area contributed by atoms with E-state index in [1.165, 1.54) is 0 Å². The third kappa shape index (κ3) is 2.79. The van der Waals surface area contributed by atoms with Gasteiger partial charge in [0.05, 0.1) is 15.9 Å². The molecule has 5 heteroatoms. The highest BCUT2D eigenvalue weighted by atomic mass is 79.9. The summed E-state index contributed by atoms with van der Waals surface area (Å²) in [4.78, 5) is 4.21. The molecule has 0 aliphatic heterocycles. The number of benzene rings is 1. The Kier molecular flexibility index (Phi) is 3.38. The topological polar surface area (TPSA) is 47.9 Å². The third-order valence-corrected chi connectivity index (χ3v) is 2.98. The fraction of sp³-hybridized carbons (Fsp3) is 0.250. The fourth-order valence-electron chi connectivity index (χ4n) is 1.27. The first kappa shape index (κ1) is 12.0. The quantitative estimate of drug-likeness (QED) is 0.852. The van der Waals surface area contributed by atoms with Crippen molar-refractivity contribution in [2.24, 2.45) is 0 Å². The molecule has 1 aromatic carbocycles. The van der Waals surface area contributed by atoms with Crippen molar-refractivity contribution in [2.45, 2.75) is 20.8 Å². The van der Waals surface area contributed by atoms with Gasteiger partial charge >= 0.3 is 6.01 Å². The van der Waals surface area contributed by atoms with Crippen molar-refractivity contribution in [2.75, 3.05) is 0 Å². The van der Waals surface area contributed by atoms with E-state index in [0.717, 1.165) is 21.4 Å². The molecule has 4 nitrogen and oxygen atoms in total. The Morgan fingerprint density at radius 2 is 1.82 bits per heavy atom. The van der Waals surface area contributed by atoms with E-state index in [4.69, 9.17) is 4.74 Å². The highest BCUT2D eigenvalue weighted by molar-refractivity contribution is 9.10. The molecule has 0 N–H and O–H groups in total.